The fourth-order valence-corrected chi connectivity index (χ4v) is 2.33. The van der Waals surface area contributed by atoms with Gasteiger partial charge in [0.05, 0.1) is 0 Å². The van der Waals surface area contributed by atoms with Crippen molar-refractivity contribution < 1.29 is 0 Å². The van der Waals surface area contributed by atoms with E-state index in [2.05, 4.69) is 50.8 Å². The molecular weight excluding hydrogens is 192 g/mol. The summed E-state index contributed by atoms with van der Waals surface area (Å²) < 4.78 is 0. The molecule has 0 fully saturated rings. The Morgan fingerprint density at radius 3 is 2.88 bits per heavy atom. The molecule has 0 aromatic rings. The summed E-state index contributed by atoms with van der Waals surface area (Å²) in [7, 11) is 0. The fraction of sp³-hybridized carbons (Fsp3) is 0.250. The van der Waals surface area contributed by atoms with Crippen molar-refractivity contribution in [2.75, 3.05) is 0 Å². The second-order valence-electron chi connectivity index (χ2n) is 4.36. The normalized spacial score (nSPS) is 20.2. The van der Waals surface area contributed by atoms with Crippen LogP contribution in [0, 0.1) is 0 Å². The van der Waals surface area contributed by atoms with Crippen molar-refractivity contribution in [3.8, 4) is 0 Å². The van der Waals surface area contributed by atoms with Crippen LogP contribution in [0.15, 0.2) is 70.9 Å². The lowest BCUT2D eigenvalue weighted by molar-refractivity contribution is 1.18. The van der Waals surface area contributed by atoms with Gasteiger partial charge in [0.25, 0.3) is 0 Å². The molecule has 0 aliphatic heterocycles. The maximum Gasteiger partial charge on any atom is -0.00137 e. The Kier molecular flexibility index (Phi) is 3.09. The van der Waals surface area contributed by atoms with Gasteiger partial charge in [0, 0.05) is 0 Å². The van der Waals surface area contributed by atoms with Crippen molar-refractivity contribution in [2.24, 2.45) is 0 Å². The summed E-state index contributed by atoms with van der Waals surface area (Å²) in [6, 6.07) is 0. The van der Waals surface area contributed by atoms with E-state index in [-0.39, 0.29) is 0 Å². The van der Waals surface area contributed by atoms with Gasteiger partial charge in [0.15, 0.2) is 0 Å². The number of hydrogen-bond acceptors (Lipinski definition) is 0. The Labute approximate surface area is 98.1 Å². The van der Waals surface area contributed by atoms with Crippen molar-refractivity contribution in [3.05, 3.63) is 70.9 Å². The molecular formula is C16H18. The second-order valence-corrected chi connectivity index (χ2v) is 4.36. The average molecular weight is 210 g/mol. The maximum absolute atomic E-state index is 3.91. The molecule has 0 aromatic heterocycles. The van der Waals surface area contributed by atoms with Crippen molar-refractivity contribution in [2.45, 2.75) is 26.7 Å². The number of hydrogen-bond donors (Lipinski definition) is 0. The van der Waals surface area contributed by atoms with E-state index in [0.29, 0.717) is 0 Å². The third-order valence-electron chi connectivity index (χ3n) is 3.09. The smallest absolute Gasteiger partial charge is 0.00137 e. The third kappa shape index (κ3) is 1.88. The molecule has 0 saturated carbocycles. The molecule has 0 N–H and O–H groups in total. The molecule has 82 valence electrons. The van der Waals surface area contributed by atoms with Gasteiger partial charge in [-0.2, -0.15) is 0 Å². The molecule has 0 bridgehead atoms. The Bertz CT molecular complexity index is 462. The lowest BCUT2D eigenvalue weighted by Crippen LogP contribution is -1.81. The molecule has 0 radical (unpaired) electrons. The van der Waals surface area contributed by atoms with E-state index in [4.69, 9.17) is 0 Å². The van der Waals surface area contributed by atoms with Crippen molar-refractivity contribution in [1.29, 1.82) is 0 Å². The Morgan fingerprint density at radius 1 is 1.38 bits per heavy atom. The van der Waals surface area contributed by atoms with Gasteiger partial charge in [-0.05, 0) is 49.0 Å². The first-order chi connectivity index (χ1) is 7.76. The van der Waals surface area contributed by atoms with Gasteiger partial charge in [-0.25, -0.2) is 0 Å². The standard InChI is InChI=1S/C16H18/c1-4-7-15-13(5-2)11-14-10-12(3)8-6-9-16(14)15/h4-7,9-10H,2,8,11H2,1,3H3/b7-4-. The Balaban J connectivity index is 2.50. The summed E-state index contributed by atoms with van der Waals surface area (Å²) in [6.45, 7) is 8.17. The summed E-state index contributed by atoms with van der Waals surface area (Å²) in [4.78, 5) is 0. The van der Waals surface area contributed by atoms with Crippen LogP contribution in [-0.4, -0.2) is 0 Å². The topological polar surface area (TPSA) is 0 Å². The quantitative estimate of drug-likeness (QED) is 0.622. The van der Waals surface area contributed by atoms with E-state index in [1.807, 2.05) is 6.08 Å². The van der Waals surface area contributed by atoms with Crippen LogP contribution < -0.4 is 0 Å². The van der Waals surface area contributed by atoms with E-state index < -0.39 is 0 Å². The summed E-state index contributed by atoms with van der Waals surface area (Å²) in [5.74, 6) is 0. The minimum absolute atomic E-state index is 1.03. The molecule has 16 heavy (non-hydrogen) atoms. The zero-order valence-corrected chi connectivity index (χ0v) is 10.1. The molecule has 0 atom stereocenters. The van der Waals surface area contributed by atoms with Gasteiger partial charge in [-0.1, -0.05) is 48.6 Å². The summed E-state index contributed by atoms with van der Waals surface area (Å²) >= 11 is 0. The molecule has 0 saturated heterocycles. The molecule has 2 aliphatic rings. The number of rotatable bonds is 2. The lowest BCUT2D eigenvalue weighted by atomic mass is 10.0. The lowest BCUT2D eigenvalue weighted by Gasteiger charge is -2.00. The fourth-order valence-electron chi connectivity index (χ4n) is 2.33. The maximum atomic E-state index is 3.91. The first-order valence-corrected chi connectivity index (χ1v) is 5.81. The summed E-state index contributed by atoms with van der Waals surface area (Å²) in [5, 5.41) is 0. The van der Waals surface area contributed by atoms with Gasteiger partial charge < -0.3 is 0 Å². The van der Waals surface area contributed by atoms with Gasteiger partial charge >= 0.3 is 0 Å². The van der Waals surface area contributed by atoms with Crippen LogP contribution in [0.4, 0.5) is 0 Å². The molecule has 0 amide bonds. The highest BCUT2D eigenvalue weighted by molar-refractivity contribution is 5.63. The van der Waals surface area contributed by atoms with Crippen molar-refractivity contribution in [3.63, 3.8) is 0 Å². The molecule has 0 heterocycles. The molecule has 2 rings (SSSR count). The first kappa shape index (κ1) is 10.9. The molecule has 0 spiro atoms. The predicted octanol–water partition coefficient (Wildman–Crippen LogP) is 4.65. The van der Waals surface area contributed by atoms with Crippen LogP contribution in [0.3, 0.4) is 0 Å². The molecule has 0 heteroatoms. The largest absolute Gasteiger partial charge is 0.0988 e. The first-order valence-electron chi connectivity index (χ1n) is 5.81. The second kappa shape index (κ2) is 4.52. The molecule has 0 nitrogen and oxygen atoms in total. The minimum atomic E-state index is 1.03. The molecule has 0 unspecified atom stereocenters. The summed E-state index contributed by atoms with van der Waals surface area (Å²) in [6.07, 6.45) is 15.2. The van der Waals surface area contributed by atoms with Crippen LogP contribution in [0.5, 0.6) is 0 Å². The molecule has 2 aliphatic carbocycles. The Hall–Kier alpha value is -1.56. The van der Waals surface area contributed by atoms with Crippen LogP contribution in [0.25, 0.3) is 0 Å². The zero-order chi connectivity index (χ0) is 11.5. The predicted molar refractivity (Wildman–Crippen MR) is 71.2 cm³/mol. The third-order valence-corrected chi connectivity index (χ3v) is 3.09. The van der Waals surface area contributed by atoms with E-state index in [1.54, 1.807) is 0 Å². The highest BCUT2D eigenvalue weighted by atomic mass is 14.2. The van der Waals surface area contributed by atoms with E-state index >= 15 is 0 Å². The van der Waals surface area contributed by atoms with Crippen molar-refractivity contribution in [1.82, 2.24) is 0 Å². The Morgan fingerprint density at radius 2 is 2.19 bits per heavy atom. The number of allylic oxidation sites excluding steroid dienone is 11. The van der Waals surface area contributed by atoms with Gasteiger partial charge in [-0.15, -0.1) is 0 Å². The minimum Gasteiger partial charge on any atom is -0.0988 e. The van der Waals surface area contributed by atoms with Crippen LogP contribution >= 0.6 is 0 Å². The van der Waals surface area contributed by atoms with Crippen LogP contribution in [0.2, 0.25) is 0 Å². The highest BCUT2D eigenvalue weighted by Gasteiger charge is 2.18. The highest BCUT2D eigenvalue weighted by Crippen LogP contribution is 2.37. The van der Waals surface area contributed by atoms with Gasteiger partial charge in [0.1, 0.15) is 0 Å². The van der Waals surface area contributed by atoms with E-state index in [0.717, 1.165) is 12.8 Å². The van der Waals surface area contributed by atoms with Crippen LogP contribution in [-0.2, 0) is 0 Å². The van der Waals surface area contributed by atoms with Gasteiger partial charge in [0.2, 0.25) is 0 Å². The van der Waals surface area contributed by atoms with E-state index in [1.165, 1.54) is 27.9 Å². The zero-order valence-electron chi connectivity index (χ0n) is 10.1. The van der Waals surface area contributed by atoms with Crippen molar-refractivity contribution >= 4 is 0 Å². The van der Waals surface area contributed by atoms with Crippen LogP contribution in [0.1, 0.15) is 26.7 Å². The average Bonchev–Trinajstić information content (AvgIpc) is 2.48. The summed E-state index contributed by atoms with van der Waals surface area (Å²) in [5.41, 5.74) is 6.94. The van der Waals surface area contributed by atoms with E-state index in [9.17, 15) is 0 Å². The molecule has 0 aromatic carbocycles. The SMILES string of the molecule is C=CC1=C(/C=C\C)C2=C(C=C(C)CC=C2)C1. The van der Waals surface area contributed by atoms with Gasteiger partial charge in [-0.3, -0.25) is 0 Å². The monoisotopic (exact) mass is 210 g/mol.